The van der Waals surface area contributed by atoms with Gasteiger partial charge in [-0.3, -0.25) is 0 Å². The molecule has 0 aliphatic carbocycles. The largest absolute Gasteiger partial charge is 0.470 e. The zero-order chi connectivity index (χ0) is 17.1. The first kappa shape index (κ1) is 16.4. The van der Waals surface area contributed by atoms with Crippen LogP contribution in [0.15, 0.2) is 36.5 Å². The Bertz CT molecular complexity index is 816. The number of urea groups is 1. The van der Waals surface area contributed by atoms with Crippen LogP contribution in [0.2, 0.25) is 10.0 Å². The number of hydrogen-bond acceptors (Lipinski definition) is 4. The number of anilines is 1. The Labute approximate surface area is 148 Å². The molecule has 1 aromatic heterocycles. The molecule has 0 saturated carbocycles. The standard InChI is InChI=1S/C16H12Cl2N4O2/c17-13-4-3-11(6-14(13)18)21-16(23)22-8-12(9-22)24-15-10(7-19)2-1-5-20-15/h1-6,12H,8-9H2,(H,21,23). The van der Waals surface area contributed by atoms with Gasteiger partial charge in [0.25, 0.3) is 0 Å². The molecular weight excluding hydrogens is 351 g/mol. The maximum Gasteiger partial charge on any atom is 0.322 e. The summed E-state index contributed by atoms with van der Waals surface area (Å²) >= 11 is 11.8. The minimum Gasteiger partial charge on any atom is -0.470 e. The average molecular weight is 363 g/mol. The van der Waals surface area contributed by atoms with E-state index in [4.69, 9.17) is 33.2 Å². The lowest BCUT2D eigenvalue weighted by Gasteiger charge is -2.38. The number of halogens is 2. The first-order valence-electron chi connectivity index (χ1n) is 7.09. The number of nitrogens with zero attached hydrogens (tertiary/aromatic N) is 3. The van der Waals surface area contributed by atoms with Crippen molar-refractivity contribution >= 4 is 34.9 Å². The van der Waals surface area contributed by atoms with Crippen molar-refractivity contribution in [2.45, 2.75) is 6.10 Å². The second-order valence-corrected chi connectivity index (χ2v) is 5.99. The van der Waals surface area contributed by atoms with Crippen molar-refractivity contribution in [1.29, 1.82) is 5.26 Å². The van der Waals surface area contributed by atoms with Crippen molar-refractivity contribution in [3.05, 3.63) is 52.1 Å². The van der Waals surface area contributed by atoms with E-state index in [1.807, 2.05) is 6.07 Å². The van der Waals surface area contributed by atoms with Crippen LogP contribution >= 0.6 is 23.2 Å². The maximum atomic E-state index is 12.1. The molecule has 0 unspecified atom stereocenters. The van der Waals surface area contributed by atoms with Crippen LogP contribution in [0.5, 0.6) is 5.88 Å². The van der Waals surface area contributed by atoms with Crippen LogP contribution in [0.3, 0.4) is 0 Å². The van der Waals surface area contributed by atoms with Gasteiger partial charge in [0.05, 0.1) is 23.1 Å². The molecule has 1 saturated heterocycles. The molecule has 0 atom stereocenters. The minimum atomic E-state index is -0.255. The van der Waals surface area contributed by atoms with Gasteiger partial charge in [0.1, 0.15) is 17.7 Å². The van der Waals surface area contributed by atoms with Crippen LogP contribution in [-0.2, 0) is 0 Å². The monoisotopic (exact) mass is 362 g/mol. The fourth-order valence-electron chi connectivity index (χ4n) is 2.18. The van der Waals surface area contributed by atoms with Gasteiger partial charge < -0.3 is 15.0 Å². The van der Waals surface area contributed by atoms with Crippen LogP contribution < -0.4 is 10.1 Å². The number of rotatable bonds is 3. The minimum absolute atomic E-state index is 0.188. The van der Waals surface area contributed by atoms with Gasteiger partial charge >= 0.3 is 6.03 Å². The summed E-state index contributed by atoms with van der Waals surface area (Å²) in [4.78, 5) is 17.7. The van der Waals surface area contributed by atoms with E-state index in [2.05, 4.69) is 10.3 Å². The highest BCUT2D eigenvalue weighted by Crippen LogP contribution is 2.26. The van der Waals surface area contributed by atoms with Crippen LogP contribution in [0, 0.1) is 11.3 Å². The fraction of sp³-hybridized carbons (Fsp3) is 0.188. The highest BCUT2D eigenvalue weighted by atomic mass is 35.5. The number of carbonyl (C=O) groups excluding carboxylic acids is 1. The summed E-state index contributed by atoms with van der Waals surface area (Å²) < 4.78 is 5.64. The molecule has 24 heavy (non-hydrogen) atoms. The second-order valence-electron chi connectivity index (χ2n) is 5.17. The molecule has 2 amide bonds. The van der Waals surface area contributed by atoms with Gasteiger partial charge in [0.15, 0.2) is 0 Å². The van der Waals surface area contributed by atoms with Gasteiger partial charge in [0, 0.05) is 11.9 Å². The van der Waals surface area contributed by atoms with E-state index in [1.165, 1.54) is 0 Å². The van der Waals surface area contributed by atoms with Crippen LogP contribution in [0.1, 0.15) is 5.56 Å². The summed E-state index contributed by atoms with van der Waals surface area (Å²) in [5.74, 6) is 0.287. The van der Waals surface area contributed by atoms with E-state index in [9.17, 15) is 4.79 Å². The Balaban J connectivity index is 1.53. The molecule has 1 aromatic carbocycles. The molecule has 0 radical (unpaired) electrons. The summed E-state index contributed by atoms with van der Waals surface area (Å²) in [6.45, 7) is 0.823. The Morgan fingerprint density at radius 2 is 2.12 bits per heavy atom. The van der Waals surface area contributed by atoms with Gasteiger partial charge in [-0.15, -0.1) is 0 Å². The third-order valence-electron chi connectivity index (χ3n) is 3.48. The number of aromatic nitrogens is 1. The van der Waals surface area contributed by atoms with Gasteiger partial charge in [-0.2, -0.15) is 5.26 Å². The Hall–Kier alpha value is -2.49. The van der Waals surface area contributed by atoms with E-state index in [1.54, 1.807) is 41.4 Å². The molecular formula is C16H12Cl2N4O2. The molecule has 122 valence electrons. The topological polar surface area (TPSA) is 78.2 Å². The van der Waals surface area contributed by atoms with Crippen molar-refractivity contribution in [2.24, 2.45) is 0 Å². The molecule has 1 N–H and O–H groups in total. The number of pyridine rings is 1. The molecule has 2 aromatic rings. The molecule has 0 spiro atoms. The third kappa shape index (κ3) is 3.53. The molecule has 1 fully saturated rings. The van der Waals surface area contributed by atoms with Crippen molar-refractivity contribution in [3.63, 3.8) is 0 Å². The molecule has 3 rings (SSSR count). The zero-order valence-electron chi connectivity index (χ0n) is 12.4. The first-order valence-corrected chi connectivity index (χ1v) is 7.85. The van der Waals surface area contributed by atoms with Crippen molar-refractivity contribution < 1.29 is 9.53 Å². The average Bonchev–Trinajstić information content (AvgIpc) is 2.54. The summed E-state index contributed by atoms with van der Waals surface area (Å²) in [5.41, 5.74) is 0.937. The Kier molecular flexibility index (Phi) is 4.74. The van der Waals surface area contributed by atoms with Gasteiger partial charge in [-0.1, -0.05) is 23.2 Å². The highest BCUT2D eigenvalue weighted by Gasteiger charge is 2.33. The number of likely N-dealkylation sites (tertiary alicyclic amines) is 1. The van der Waals surface area contributed by atoms with E-state index in [-0.39, 0.29) is 18.0 Å². The summed E-state index contributed by atoms with van der Waals surface area (Å²) in [6.07, 6.45) is 1.37. The second kappa shape index (κ2) is 6.95. The Morgan fingerprint density at radius 1 is 1.33 bits per heavy atom. The predicted molar refractivity (Wildman–Crippen MR) is 90.4 cm³/mol. The number of ether oxygens (including phenoxy) is 1. The summed E-state index contributed by atoms with van der Waals surface area (Å²) in [7, 11) is 0. The van der Waals surface area contributed by atoms with E-state index in [0.717, 1.165) is 0 Å². The molecule has 6 nitrogen and oxygen atoms in total. The summed E-state index contributed by atoms with van der Waals surface area (Å²) in [5, 5.41) is 12.5. The van der Waals surface area contributed by atoms with E-state index < -0.39 is 0 Å². The molecule has 2 heterocycles. The number of nitrogens with one attached hydrogen (secondary N) is 1. The molecule has 1 aliphatic rings. The van der Waals surface area contributed by atoms with E-state index >= 15 is 0 Å². The number of benzene rings is 1. The Morgan fingerprint density at radius 3 is 2.83 bits per heavy atom. The lowest BCUT2D eigenvalue weighted by Crippen LogP contribution is -2.57. The SMILES string of the molecule is N#Cc1cccnc1OC1CN(C(=O)Nc2ccc(Cl)c(Cl)c2)C1. The lowest BCUT2D eigenvalue weighted by atomic mass is 10.2. The number of hydrogen-bond donors (Lipinski definition) is 1. The lowest BCUT2D eigenvalue weighted by molar-refractivity contribution is 0.0459. The molecule has 1 aliphatic heterocycles. The third-order valence-corrected chi connectivity index (χ3v) is 4.22. The number of amides is 2. The smallest absolute Gasteiger partial charge is 0.322 e. The van der Waals surface area contributed by atoms with Crippen molar-refractivity contribution in [1.82, 2.24) is 9.88 Å². The van der Waals surface area contributed by atoms with Gasteiger partial charge in [-0.05, 0) is 30.3 Å². The van der Waals surface area contributed by atoms with Gasteiger partial charge in [0.2, 0.25) is 5.88 Å². The predicted octanol–water partition coefficient (Wildman–Crippen LogP) is 3.56. The van der Waals surface area contributed by atoms with E-state index in [0.29, 0.717) is 34.4 Å². The van der Waals surface area contributed by atoms with Crippen molar-refractivity contribution in [2.75, 3.05) is 18.4 Å². The highest BCUT2D eigenvalue weighted by molar-refractivity contribution is 6.42. The molecule has 0 bridgehead atoms. The van der Waals surface area contributed by atoms with Gasteiger partial charge in [-0.25, -0.2) is 9.78 Å². The maximum absolute atomic E-state index is 12.1. The summed E-state index contributed by atoms with van der Waals surface area (Å²) in [6, 6.07) is 9.95. The number of carbonyl (C=O) groups is 1. The molecule has 8 heteroatoms. The quantitative estimate of drug-likeness (QED) is 0.905. The number of nitriles is 1. The van der Waals surface area contributed by atoms with Crippen LogP contribution in [0.25, 0.3) is 0 Å². The van der Waals surface area contributed by atoms with Crippen LogP contribution in [-0.4, -0.2) is 35.1 Å². The normalized spacial score (nSPS) is 13.8. The fourth-order valence-corrected chi connectivity index (χ4v) is 2.48. The van der Waals surface area contributed by atoms with Crippen LogP contribution in [0.4, 0.5) is 10.5 Å². The van der Waals surface area contributed by atoms with Crippen molar-refractivity contribution in [3.8, 4) is 11.9 Å². The first-order chi connectivity index (χ1) is 11.6. The zero-order valence-corrected chi connectivity index (χ0v) is 13.9.